The van der Waals surface area contributed by atoms with Gasteiger partial charge >= 0.3 is 0 Å². The van der Waals surface area contributed by atoms with Crippen molar-refractivity contribution < 1.29 is 5.11 Å². The average molecular weight is 264 g/mol. The second kappa shape index (κ2) is 14.7. The Morgan fingerprint density at radius 2 is 1.84 bits per heavy atom. The summed E-state index contributed by atoms with van der Waals surface area (Å²) in [5, 5.41) is 16.0. The highest BCUT2D eigenvalue weighted by atomic mass is 16.2. The molecule has 1 rings (SSSR count). The third-order valence-corrected chi connectivity index (χ3v) is 2.69. The minimum absolute atomic E-state index is 0.736. The van der Waals surface area contributed by atoms with E-state index in [4.69, 9.17) is 10.4 Å². The quantitative estimate of drug-likeness (QED) is 0.626. The van der Waals surface area contributed by atoms with E-state index in [1.54, 1.807) is 12.2 Å². The van der Waals surface area contributed by atoms with E-state index in [-0.39, 0.29) is 0 Å². The van der Waals surface area contributed by atoms with Crippen LogP contribution in [0.2, 0.25) is 0 Å². The van der Waals surface area contributed by atoms with E-state index >= 15 is 0 Å². The van der Waals surface area contributed by atoms with Crippen molar-refractivity contribution in [2.45, 2.75) is 33.6 Å². The predicted molar refractivity (Wildman–Crippen MR) is 82.8 cm³/mol. The molecule has 1 aliphatic heterocycles. The molecule has 0 radical (unpaired) electrons. The fourth-order valence-electron chi connectivity index (χ4n) is 1.85. The average Bonchev–Trinajstić information content (AvgIpc) is 3.00. The van der Waals surface area contributed by atoms with Gasteiger partial charge in [-0.25, -0.2) is 0 Å². The van der Waals surface area contributed by atoms with Gasteiger partial charge in [-0.15, -0.1) is 0 Å². The Morgan fingerprint density at radius 3 is 2.21 bits per heavy atom. The van der Waals surface area contributed by atoms with Gasteiger partial charge < -0.3 is 5.11 Å². The lowest BCUT2D eigenvalue weighted by Gasteiger charge is -2.16. The second-order valence-corrected chi connectivity index (χ2v) is 3.73. The fourth-order valence-corrected chi connectivity index (χ4v) is 1.85. The summed E-state index contributed by atoms with van der Waals surface area (Å²) < 4.78 is 0. The molecule has 0 aromatic rings. The zero-order valence-electron chi connectivity index (χ0n) is 12.8. The van der Waals surface area contributed by atoms with Gasteiger partial charge in [0, 0.05) is 13.7 Å². The molecule has 19 heavy (non-hydrogen) atoms. The third-order valence-electron chi connectivity index (χ3n) is 2.69. The SMILES string of the molecule is C=C/C=C(C#N)\C(=C/C)CN1CCCC1.CC.CO. The second-order valence-electron chi connectivity index (χ2n) is 3.73. The Bertz CT molecular complexity index is 318. The monoisotopic (exact) mass is 264 g/mol. The lowest BCUT2D eigenvalue weighted by molar-refractivity contribution is 0.370. The number of likely N-dealkylation sites (tertiary alicyclic amines) is 1. The van der Waals surface area contributed by atoms with Crippen LogP contribution < -0.4 is 0 Å². The molecule has 0 spiro atoms. The highest BCUT2D eigenvalue weighted by Gasteiger charge is 2.14. The van der Waals surface area contributed by atoms with Crippen LogP contribution in [0.4, 0.5) is 0 Å². The van der Waals surface area contributed by atoms with E-state index in [0.29, 0.717) is 0 Å². The minimum Gasteiger partial charge on any atom is -0.400 e. The van der Waals surface area contributed by atoms with Gasteiger partial charge in [0.05, 0.1) is 11.6 Å². The van der Waals surface area contributed by atoms with Crippen LogP contribution in [0.1, 0.15) is 33.6 Å². The molecule has 1 fully saturated rings. The van der Waals surface area contributed by atoms with Crippen molar-refractivity contribution in [1.82, 2.24) is 4.90 Å². The Morgan fingerprint density at radius 1 is 1.32 bits per heavy atom. The first-order valence-electron chi connectivity index (χ1n) is 6.87. The van der Waals surface area contributed by atoms with Gasteiger partial charge in [0.15, 0.2) is 0 Å². The van der Waals surface area contributed by atoms with Crippen LogP contribution in [0.25, 0.3) is 0 Å². The summed E-state index contributed by atoms with van der Waals surface area (Å²) in [4.78, 5) is 2.39. The molecule has 0 aromatic heterocycles. The number of rotatable bonds is 4. The molecule has 3 heteroatoms. The first kappa shape index (κ1) is 20.0. The van der Waals surface area contributed by atoms with Crippen LogP contribution in [0.3, 0.4) is 0 Å². The molecule has 0 saturated carbocycles. The molecule has 108 valence electrons. The van der Waals surface area contributed by atoms with Crippen molar-refractivity contribution in [2.24, 2.45) is 0 Å². The van der Waals surface area contributed by atoms with Crippen molar-refractivity contribution >= 4 is 0 Å². The summed E-state index contributed by atoms with van der Waals surface area (Å²) in [6.07, 6.45) is 8.04. The number of aliphatic hydroxyl groups excluding tert-OH is 1. The first-order valence-corrected chi connectivity index (χ1v) is 6.87. The molecule has 0 unspecified atom stereocenters. The number of aliphatic hydroxyl groups is 1. The van der Waals surface area contributed by atoms with Crippen molar-refractivity contribution in [3.05, 3.63) is 36.0 Å². The molecule has 1 N–H and O–H groups in total. The number of allylic oxidation sites excluding steroid dienone is 3. The van der Waals surface area contributed by atoms with Crippen molar-refractivity contribution in [3.8, 4) is 6.07 Å². The molecule has 0 atom stereocenters. The van der Waals surface area contributed by atoms with Crippen molar-refractivity contribution in [3.63, 3.8) is 0 Å². The normalized spacial score (nSPS) is 15.6. The maximum absolute atomic E-state index is 9.01. The fraction of sp³-hybridized carbons (Fsp3) is 0.562. The zero-order valence-corrected chi connectivity index (χ0v) is 12.8. The number of hydrogen-bond donors (Lipinski definition) is 1. The molecule has 1 heterocycles. The molecular weight excluding hydrogens is 236 g/mol. The maximum atomic E-state index is 9.01. The minimum atomic E-state index is 0.736. The smallest absolute Gasteiger partial charge is 0.0994 e. The van der Waals surface area contributed by atoms with Crippen LogP contribution in [0.5, 0.6) is 0 Å². The molecule has 0 aromatic carbocycles. The molecule has 0 bridgehead atoms. The Hall–Kier alpha value is -1.37. The summed E-state index contributed by atoms with van der Waals surface area (Å²) in [5.74, 6) is 0. The van der Waals surface area contributed by atoms with Crippen LogP contribution in [0.15, 0.2) is 36.0 Å². The number of nitrogens with zero attached hydrogens (tertiary/aromatic N) is 2. The van der Waals surface area contributed by atoms with E-state index in [9.17, 15) is 0 Å². The molecule has 1 saturated heterocycles. The summed E-state index contributed by atoms with van der Waals surface area (Å²) in [6.45, 7) is 12.8. The van der Waals surface area contributed by atoms with Gasteiger partial charge in [0.2, 0.25) is 0 Å². The first-order chi connectivity index (χ1) is 9.31. The zero-order chi connectivity index (χ0) is 15.1. The van der Waals surface area contributed by atoms with E-state index in [1.807, 2.05) is 26.8 Å². The largest absolute Gasteiger partial charge is 0.400 e. The van der Waals surface area contributed by atoms with Gasteiger partial charge in [-0.2, -0.15) is 5.26 Å². The molecule has 0 amide bonds. The summed E-state index contributed by atoms with van der Waals surface area (Å²) in [6, 6.07) is 2.22. The van der Waals surface area contributed by atoms with Crippen molar-refractivity contribution in [1.29, 1.82) is 5.26 Å². The van der Waals surface area contributed by atoms with E-state index < -0.39 is 0 Å². The Kier molecular flexibility index (Phi) is 15.4. The molecule has 3 nitrogen and oxygen atoms in total. The highest BCUT2D eigenvalue weighted by Crippen LogP contribution is 2.15. The van der Waals surface area contributed by atoms with Gasteiger partial charge in [0.25, 0.3) is 0 Å². The van der Waals surface area contributed by atoms with Gasteiger partial charge in [-0.1, -0.05) is 32.6 Å². The van der Waals surface area contributed by atoms with Crippen LogP contribution in [-0.4, -0.2) is 36.8 Å². The topological polar surface area (TPSA) is 47.3 Å². The Labute approximate surface area is 118 Å². The third kappa shape index (κ3) is 8.36. The molecule has 0 aliphatic carbocycles. The lowest BCUT2D eigenvalue weighted by Crippen LogP contribution is -2.22. The highest BCUT2D eigenvalue weighted by molar-refractivity contribution is 5.44. The standard InChI is InChI=1S/C13H18N2.C2H6.CH4O/c1-3-7-13(10-14)12(4-2)11-15-8-5-6-9-15;2*1-2/h3-4,7H,1,5-6,8-9,11H2,2H3;1-2H3;2H,1H3/b12-4-,13-7-;;. The van der Waals surface area contributed by atoms with E-state index in [0.717, 1.165) is 37.9 Å². The van der Waals surface area contributed by atoms with Crippen LogP contribution >= 0.6 is 0 Å². The van der Waals surface area contributed by atoms with Gasteiger partial charge in [-0.05, 0) is 44.5 Å². The number of nitriles is 1. The summed E-state index contributed by atoms with van der Waals surface area (Å²) in [7, 11) is 1.00. The Balaban J connectivity index is 0. The van der Waals surface area contributed by atoms with Gasteiger partial charge in [0.1, 0.15) is 0 Å². The summed E-state index contributed by atoms with van der Waals surface area (Å²) >= 11 is 0. The molecular formula is C16H28N2O. The summed E-state index contributed by atoms with van der Waals surface area (Å²) in [5.41, 5.74) is 1.85. The molecule has 1 aliphatic rings. The lowest BCUT2D eigenvalue weighted by atomic mass is 10.1. The van der Waals surface area contributed by atoms with E-state index in [2.05, 4.69) is 17.5 Å². The maximum Gasteiger partial charge on any atom is 0.0994 e. The predicted octanol–water partition coefficient (Wildman–Crippen LogP) is 3.30. The van der Waals surface area contributed by atoms with E-state index in [1.165, 1.54) is 12.8 Å². The van der Waals surface area contributed by atoms with Crippen LogP contribution in [-0.2, 0) is 0 Å². The number of hydrogen-bond acceptors (Lipinski definition) is 3. The van der Waals surface area contributed by atoms with Crippen molar-refractivity contribution in [2.75, 3.05) is 26.7 Å². The van der Waals surface area contributed by atoms with Crippen LogP contribution in [0, 0.1) is 11.3 Å². The van der Waals surface area contributed by atoms with Gasteiger partial charge in [-0.3, -0.25) is 4.90 Å².